The molecule has 0 aliphatic heterocycles. The first kappa shape index (κ1) is 27.9. The first-order chi connectivity index (χ1) is 17.1. The third kappa shape index (κ3) is 8.75. The molecule has 2 aromatic carbocycles. The van der Waals surface area contributed by atoms with Crippen LogP contribution in [0.25, 0.3) is 0 Å². The lowest BCUT2D eigenvalue weighted by Gasteiger charge is -2.24. The van der Waals surface area contributed by atoms with Crippen LogP contribution >= 0.6 is 0 Å². The van der Waals surface area contributed by atoms with Crippen molar-refractivity contribution in [3.63, 3.8) is 0 Å². The lowest BCUT2D eigenvalue weighted by molar-refractivity contribution is -0.117. The quantitative estimate of drug-likeness (QED) is 0.405. The van der Waals surface area contributed by atoms with Crippen molar-refractivity contribution < 1.29 is 19.1 Å². The molecule has 196 valence electrons. The molecular weight excluding hydrogens is 452 g/mol. The fraction of sp³-hybridized carbons (Fsp3) is 0.533. The van der Waals surface area contributed by atoms with Gasteiger partial charge >= 0.3 is 5.97 Å². The van der Waals surface area contributed by atoms with E-state index in [0.717, 1.165) is 11.3 Å². The van der Waals surface area contributed by atoms with E-state index in [-0.39, 0.29) is 18.4 Å². The molecule has 6 nitrogen and oxygen atoms in total. The van der Waals surface area contributed by atoms with Crippen LogP contribution in [0.15, 0.2) is 42.5 Å². The highest BCUT2D eigenvalue weighted by Gasteiger charge is 2.19. The van der Waals surface area contributed by atoms with Gasteiger partial charge in [-0.3, -0.25) is 9.69 Å². The normalized spacial score (nSPS) is 14.6. The minimum atomic E-state index is -0.533. The van der Waals surface area contributed by atoms with Crippen LogP contribution in [0.4, 0.5) is 5.69 Å². The summed E-state index contributed by atoms with van der Waals surface area (Å²) in [5, 5.41) is 3.07. The van der Waals surface area contributed by atoms with Gasteiger partial charge in [-0.1, -0.05) is 37.5 Å². The van der Waals surface area contributed by atoms with Crippen LogP contribution in [0.5, 0.6) is 0 Å². The Morgan fingerprint density at radius 2 is 1.72 bits per heavy atom. The lowest BCUT2D eigenvalue weighted by Crippen LogP contribution is -2.35. The zero-order valence-electron chi connectivity index (χ0n) is 22.6. The number of hydrogen-bond donors (Lipinski definition) is 1. The highest BCUT2D eigenvalue weighted by molar-refractivity contribution is 5.92. The van der Waals surface area contributed by atoms with Crippen LogP contribution < -0.4 is 5.32 Å². The average molecular weight is 495 g/mol. The number of ether oxygens (including phenoxy) is 2. The fourth-order valence-corrected chi connectivity index (χ4v) is 4.80. The molecule has 1 amide bonds. The Hall–Kier alpha value is -2.70. The summed E-state index contributed by atoms with van der Waals surface area (Å²) in [5.74, 6) is 0.255. The number of amides is 1. The lowest BCUT2D eigenvalue weighted by atomic mass is 9.82. The predicted octanol–water partition coefficient (Wildman–Crippen LogP) is 6.09. The van der Waals surface area contributed by atoms with E-state index in [1.807, 2.05) is 43.9 Å². The fourth-order valence-electron chi connectivity index (χ4n) is 4.80. The average Bonchev–Trinajstić information content (AvgIpc) is 2.82. The maximum absolute atomic E-state index is 12.9. The summed E-state index contributed by atoms with van der Waals surface area (Å²) in [7, 11) is 1.66. The first-order valence-electron chi connectivity index (χ1n) is 13.1. The van der Waals surface area contributed by atoms with Crippen molar-refractivity contribution in [3.8, 4) is 0 Å². The van der Waals surface area contributed by atoms with Gasteiger partial charge in [0, 0.05) is 25.9 Å². The summed E-state index contributed by atoms with van der Waals surface area (Å²) in [6, 6.07) is 13.7. The van der Waals surface area contributed by atoms with Gasteiger partial charge in [-0.05, 0) is 87.4 Å². The van der Waals surface area contributed by atoms with Gasteiger partial charge in [-0.25, -0.2) is 4.79 Å². The third-order valence-corrected chi connectivity index (χ3v) is 6.57. The number of nitrogens with one attached hydrogen (secondary N) is 1. The monoisotopic (exact) mass is 494 g/mol. The van der Waals surface area contributed by atoms with Gasteiger partial charge in [0.05, 0.1) is 18.7 Å². The van der Waals surface area contributed by atoms with Crippen LogP contribution in [0.1, 0.15) is 85.8 Å². The molecule has 36 heavy (non-hydrogen) atoms. The number of rotatable bonds is 10. The predicted molar refractivity (Wildman–Crippen MR) is 144 cm³/mol. The molecule has 1 fully saturated rings. The van der Waals surface area contributed by atoms with Gasteiger partial charge in [-0.2, -0.15) is 0 Å². The van der Waals surface area contributed by atoms with Gasteiger partial charge in [-0.15, -0.1) is 0 Å². The highest BCUT2D eigenvalue weighted by atomic mass is 16.6. The van der Waals surface area contributed by atoms with Gasteiger partial charge < -0.3 is 14.8 Å². The Balaban J connectivity index is 1.59. The molecule has 1 aliphatic carbocycles. The second kappa shape index (κ2) is 13.0. The second-order valence-corrected chi connectivity index (χ2v) is 10.9. The summed E-state index contributed by atoms with van der Waals surface area (Å²) in [6.07, 6.45) is 6.49. The Bertz CT molecular complexity index is 1000. The van der Waals surface area contributed by atoms with E-state index in [9.17, 15) is 9.59 Å². The Kier molecular flexibility index (Phi) is 10.1. The Morgan fingerprint density at radius 1 is 1.03 bits per heavy atom. The van der Waals surface area contributed by atoms with Crippen molar-refractivity contribution in [2.24, 2.45) is 0 Å². The molecule has 0 atom stereocenters. The molecule has 0 radical (unpaired) electrons. The molecule has 0 aromatic heterocycles. The maximum atomic E-state index is 12.9. The van der Waals surface area contributed by atoms with E-state index in [0.29, 0.717) is 31.2 Å². The summed E-state index contributed by atoms with van der Waals surface area (Å²) < 4.78 is 10.7. The van der Waals surface area contributed by atoms with Crippen molar-refractivity contribution in [2.45, 2.75) is 77.9 Å². The number of benzene rings is 2. The second-order valence-electron chi connectivity index (χ2n) is 10.9. The van der Waals surface area contributed by atoms with Crippen LogP contribution in [-0.4, -0.2) is 49.2 Å². The smallest absolute Gasteiger partial charge is 0.338 e. The molecule has 0 heterocycles. The molecular formula is C30H42N2O4. The number of hydrogen-bond acceptors (Lipinski definition) is 5. The number of carbonyl (C=O) groups excluding carboxylic acids is 2. The first-order valence-corrected chi connectivity index (χ1v) is 13.1. The number of anilines is 1. The number of methoxy groups -OCH3 is 1. The van der Waals surface area contributed by atoms with E-state index in [1.54, 1.807) is 19.2 Å². The molecule has 1 saturated carbocycles. The zero-order chi connectivity index (χ0) is 26.1. The van der Waals surface area contributed by atoms with Gasteiger partial charge in [0.2, 0.25) is 5.91 Å². The molecule has 6 heteroatoms. The number of carbonyl (C=O) groups is 2. The summed E-state index contributed by atoms with van der Waals surface area (Å²) in [5.41, 5.74) is 4.51. The van der Waals surface area contributed by atoms with Crippen LogP contribution in [0, 0.1) is 6.92 Å². The van der Waals surface area contributed by atoms with Crippen molar-refractivity contribution in [1.29, 1.82) is 0 Å². The maximum Gasteiger partial charge on any atom is 0.338 e. The standard InChI is InChI=1S/C30H42N2O4/c1-22-19-26(15-16-27(22)24-9-7-6-8-10-24)31-28(33)21-32(17-18-35-5)20-23-11-13-25(14-12-23)29(34)36-30(2,3)4/h11-16,19,24H,6-10,17-18,20-21H2,1-5H3,(H,31,33). The molecule has 2 aromatic rings. The van der Waals surface area contributed by atoms with Gasteiger partial charge in [0.1, 0.15) is 5.60 Å². The van der Waals surface area contributed by atoms with E-state index in [2.05, 4.69) is 24.4 Å². The van der Waals surface area contributed by atoms with Crippen molar-refractivity contribution in [3.05, 3.63) is 64.7 Å². The topological polar surface area (TPSA) is 67.9 Å². The Morgan fingerprint density at radius 3 is 2.33 bits per heavy atom. The van der Waals surface area contributed by atoms with Crippen molar-refractivity contribution in [2.75, 3.05) is 32.1 Å². The molecule has 0 spiro atoms. The molecule has 1 N–H and O–H groups in total. The number of aryl methyl sites for hydroxylation is 1. The van der Waals surface area contributed by atoms with Gasteiger partial charge in [0.25, 0.3) is 0 Å². The third-order valence-electron chi connectivity index (χ3n) is 6.57. The van der Waals surface area contributed by atoms with Crippen molar-refractivity contribution >= 4 is 17.6 Å². The van der Waals surface area contributed by atoms with Gasteiger partial charge in [0.15, 0.2) is 0 Å². The minimum absolute atomic E-state index is 0.0544. The number of nitrogens with zero attached hydrogens (tertiary/aromatic N) is 1. The van der Waals surface area contributed by atoms with Crippen LogP contribution in [0.2, 0.25) is 0 Å². The van der Waals surface area contributed by atoms with E-state index in [4.69, 9.17) is 9.47 Å². The Labute approximate surface area is 216 Å². The summed E-state index contributed by atoms with van der Waals surface area (Å²) in [4.78, 5) is 27.2. The zero-order valence-corrected chi connectivity index (χ0v) is 22.6. The SMILES string of the molecule is COCCN(CC(=O)Nc1ccc(C2CCCCC2)c(C)c1)Cc1ccc(C(=O)OC(C)(C)C)cc1. The molecule has 3 rings (SSSR count). The largest absolute Gasteiger partial charge is 0.456 e. The van der Waals surface area contributed by atoms with E-state index < -0.39 is 5.60 Å². The molecule has 0 bridgehead atoms. The molecule has 0 saturated heterocycles. The molecule has 1 aliphatic rings. The summed E-state index contributed by atoms with van der Waals surface area (Å²) in [6.45, 7) is 9.67. The summed E-state index contributed by atoms with van der Waals surface area (Å²) >= 11 is 0. The minimum Gasteiger partial charge on any atom is -0.456 e. The number of esters is 1. The van der Waals surface area contributed by atoms with E-state index in [1.165, 1.54) is 43.2 Å². The van der Waals surface area contributed by atoms with Crippen molar-refractivity contribution in [1.82, 2.24) is 4.90 Å². The molecule has 0 unspecified atom stereocenters. The highest BCUT2D eigenvalue weighted by Crippen LogP contribution is 2.35. The van der Waals surface area contributed by atoms with E-state index >= 15 is 0 Å². The van der Waals surface area contributed by atoms with Crippen LogP contribution in [0.3, 0.4) is 0 Å². The van der Waals surface area contributed by atoms with Crippen LogP contribution in [-0.2, 0) is 20.8 Å².